The third-order valence-corrected chi connectivity index (χ3v) is 8.32. The number of ether oxygens (including phenoxy) is 1. The molecule has 2 N–H and O–H groups in total. The van der Waals surface area contributed by atoms with Gasteiger partial charge in [-0.25, -0.2) is 4.79 Å². The van der Waals surface area contributed by atoms with Crippen molar-refractivity contribution in [3.63, 3.8) is 0 Å². The van der Waals surface area contributed by atoms with E-state index in [-0.39, 0.29) is 23.3 Å². The molecule has 1 fully saturated rings. The number of nitrogens with one attached hydrogen (secondary N) is 1. The minimum absolute atomic E-state index is 0.0586. The number of benzene rings is 1. The molecule has 182 valence electrons. The molecule has 0 bridgehead atoms. The Balaban J connectivity index is 1.61. The van der Waals surface area contributed by atoms with Gasteiger partial charge in [-0.2, -0.15) is 13.2 Å². The van der Waals surface area contributed by atoms with E-state index >= 15 is 0 Å². The topological polar surface area (TPSA) is 75.6 Å². The molecule has 1 aliphatic heterocycles. The second kappa shape index (κ2) is 9.00. The normalized spacial score (nSPS) is 24.1. The van der Waals surface area contributed by atoms with E-state index in [2.05, 4.69) is 5.32 Å². The highest BCUT2D eigenvalue weighted by atomic mass is 35.5. The highest BCUT2D eigenvalue weighted by Crippen LogP contribution is 2.51. The molecule has 1 heterocycles. The van der Waals surface area contributed by atoms with Crippen LogP contribution in [0.1, 0.15) is 37.8 Å². The van der Waals surface area contributed by atoms with E-state index in [0.29, 0.717) is 28.5 Å². The number of hydrogen-bond donors (Lipinski definition) is 2. The molecule has 34 heavy (non-hydrogen) atoms. The van der Waals surface area contributed by atoms with E-state index in [1.54, 1.807) is 6.08 Å². The van der Waals surface area contributed by atoms with Crippen molar-refractivity contribution in [3.05, 3.63) is 68.8 Å². The number of fused-ring (bicyclic) bond motifs is 1. The number of thioether (sulfide) groups is 1. The van der Waals surface area contributed by atoms with Gasteiger partial charge in [-0.15, -0.1) is 11.8 Å². The number of allylic oxidation sites excluding steroid dienone is 1. The Bertz CT molecular complexity index is 1110. The average Bonchev–Trinajstić information content (AvgIpc) is 3.45. The first-order valence-corrected chi connectivity index (χ1v) is 11.9. The lowest BCUT2D eigenvalue weighted by molar-refractivity contribution is -0.143. The second-order valence-corrected chi connectivity index (χ2v) is 10.8. The van der Waals surface area contributed by atoms with Crippen molar-refractivity contribution in [2.24, 2.45) is 11.3 Å². The third-order valence-electron chi connectivity index (χ3n) is 6.52. The monoisotopic (exact) mass is 513 g/mol. The number of carboxylic acids is 1. The van der Waals surface area contributed by atoms with Crippen LogP contribution >= 0.6 is 23.4 Å². The van der Waals surface area contributed by atoms with E-state index in [9.17, 15) is 27.9 Å². The molecule has 3 atom stereocenters. The summed E-state index contributed by atoms with van der Waals surface area (Å²) >= 11 is 7.77. The van der Waals surface area contributed by atoms with E-state index in [1.165, 1.54) is 23.9 Å². The van der Waals surface area contributed by atoms with Gasteiger partial charge in [-0.1, -0.05) is 36.7 Å². The van der Waals surface area contributed by atoms with Crippen LogP contribution in [0.15, 0.2) is 57.7 Å². The fraction of sp³-hybridized carbons (Fsp3) is 0.417. The highest BCUT2D eigenvalue weighted by Gasteiger charge is 2.50. The fourth-order valence-corrected chi connectivity index (χ4v) is 5.72. The maximum atomic E-state index is 13.2. The summed E-state index contributed by atoms with van der Waals surface area (Å²) in [5.41, 5.74) is 0.251. The molecule has 0 saturated heterocycles. The van der Waals surface area contributed by atoms with Gasteiger partial charge >= 0.3 is 12.1 Å². The van der Waals surface area contributed by atoms with Gasteiger partial charge in [0.05, 0.1) is 21.4 Å². The van der Waals surface area contributed by atoms with E-state index < -0.39 is 35.1 Å². The first kappa shape index (κ1) is 24.7. The minimum Gasteiger partial charge on any atom is -0.492 e. The molecule has 1 saturated carbocycles. The molecule has 5 nitrogen and oxygen atoms in total. The zero-order valence-electron chi connectivity index (χ0n) is 18.4. The Labute approximate surface area is 204 Å². The van der Waals surface area contributed by atoms with Crippen LogP contribution in [0, 0.1) is 11.3 Å². The molecule has 10 heteroatoms. The van der Waals surface area contributed by atoms with E-state index in [0.717, 1.165) is 17.7 Å². The zero-order chi connectivity index (χ0) is 24.8. The molecule has 1 amide bonds. The quantitative estimate of drug-likeness (QED) is 0.495. The Morgan fingerprint density at radius 3 is 2.50 bits per heavy atom. The van der Waals surface area contributed by atoms with Crippen LogP contribution in [0.4, 0.5) is 13.2 Å². The number of carbonyl (C=O) groups excluding carboxylic acids is 1. The number of alkyl halides is 3. The number of aliphatic carboxylic acids is 1. The first-order chi connectivity index (χ1) is 15.9. The number of carboxylic acid groups (broad SMARTS) is 1. The smallest absolute Gasteiger partial charge is 0.416 e. The average molecular weight is 514 g/mol. The predicted octanol–water partition coefficient (Wildman–Crippen LogP) is 5.62. The predicted molar refractivity (Wildman–Crippen MR) is 123 cm³/mol. The van der Waals surface area contributed by atoms with Gasteiger partial charge in [0.2, 0.25) is 0 Å². The summed E-state index contributed by atoms with van der Waals surface area (Å²) in [6.45, 7) is 3.59. The molecule has 1 aromatic rings. The van der Waals surface area contributed by atoms with Crippen LogP contribution in [0.5, 0.6) is 0 Å². The second-order valence-electron chi connectivity index (χ2n) is 9.04. The lowest BCUT2D eigenvalue weighted by Crippen LogP contribution is -2.47. The lowest BCUT2D eigenvalue weighted by atomic mass is 9.87. The molecule has 4 rings (SSSR count). The Morgan fingerprint density at radius 1 is 1.29 bits per heavy atom. The van der Waals surface area contributed by atoms with E-state index in [4.69, 9.17) is 16.3 Å². The molecule has 0 aromatic heterocycles. The van der Waals surface area contributed by atoms with Crippen LogP contribution in [-0.2, 0) is 27.1 Å². The van der Waals surface area contributed by atoms with Crippen LogP contribution < -0.4 is 5.32 Å². The fourth-order valence-electron chi connectivity index (χ4n) is 4.12. The summed E-state index contributed by atoms with van der Waals surface area (Å²) in [5.74, 6) is -1.68. The Kier molecular flexibility index (Phi) is 6.54. The first-order valence-electron chi connectivity index (χ1n) is 10.7. The SMILES string of the molecule is CC1=C(Cl)SC2C=CC(C(=O)NC(C(=O)O)C3(C)CC3)=C(OCc3ccc(C(F)(F)F)cc3)C12. The standard InChI is InChI=1S/C24H23ClF3NO4S/c1-12-17-16(34-20(12)25)8-7-15(21(30)29-19(22(31)32)23(2)9-10-23)18(17)33-11-13-3-5-14(6-4-13)24(26,27)28/h3-8,16-17,19H,9-11H2,1-2H3,(H,29,30)(H,31,32). The minimum atomic E-state index is -4.44. The van der Waals surface area contributed by atoms with Crippen LogP contribution in [0.2, 0.25) is 0 Å². The highest BCUT2D eigenvalue weighted by molar-refractivity contribution is 8.05. The summed E-state index contributed by atoms with van der Waals surface area (Å²) in [4.78, 5) is 25.0. The van der Waals surface area contributed by atoms with Crippen molar-refractivity contribution in [3.8, 4) is 0 Å². The molecular formula is C24H23ClF3NO4S. The van der Waals surface area contributed by atoms with Crippen molar-refractivity contribution in [1.82, 2.24) is 5.32 Å². The van der Waals surface area contributed by atoms with Gasteiger partial charge in [0.25, 0.3) is 5.91 Å². The van der Waals surface area contributed by atoms with E-state index in [1.807, 2.05) is 19.9 Å². The molecule has 0 radical (unpaired) electrons. The Hall–Kier alpha value is -2.39. The summed E-state index contributed by atoms with van der Waals surface area (Å²) in [7, 11) is 0. The Morgan fingerprint density at radius 2 is 1.94 bits per heavy atom. The van der Waals surface area contributed by atoms with Crippen molar-refractivity contribution in [2.45, 2.75) is 50.8 Å². The van der Waals surface area contributed by atoms with Gasteiger partial charge in [0.1, 0.15) is 18.4 Å². The van der Waals surface area contributed by atoms with Crippen LogP contribution in [0.25, 0.3) is 0 Å². The summed E-state index contributed by atoms with van der Waals surface area (Å²) < 4.78 is 45.2. The van der Waals surface area contributed by atoms with Crippen molar-refractivity contribution >= 4 is 35.2 Å². The molecule has 2 aliphatic carbocycles. The number of amides is 1. The third kappa shape index (κ3) is 4.86. The molecular weight excluding hydrogens is 491 g/mol. The van der Waals surface area contributed by atoms with Crippen molar-refractivity contribution in [1.29, 1.82) is 0 Å². The van der Waals surface area contributed by atoms with Crippen LogP contribution in [-0.4, -0.2) is 28.3 Å². The molecule has 3 unspecified atom stereocenters. The summed E-state index contributed by atoms with van der Waals surface area (Å²) in [6, 6.07) is 3.57. The molecule has 1 aromatic carbocycles. The molecule has 0 spiro atoms. The van der Waals surface area contributed by atoms with Gasteiger partial charge in [-0.3, -0.25) is 4.79 Å². The summed E-state index contributed by atoms with van der Waals surface area (Å²) in [6.07, 6.45) is 0.406. The number of carbonyl (C=O) groups is 2. The zero-order valence-corrected chi connectivity index (χ0v) is 20.0. The lowest BCUT2D eigenvalue weighted by Gasteiger charge is -2.28. The van der Waals surface area contributed by atoms with Gasteiger partial charge < -0.3 is 15.2 Å². The number of rotatable bonds is 7. The van der Waals surface area contributed by atoms with Gasteiger partial charge in [0, 0.05) is 5.25 Å². The van der Waals surface area contributed by atoms with Crippen LogP contribution in [0.3, 0.4) is 0 Å². The maximum absolute atomic E-state index is 13.2. The number of hydrogen-bond acceptors (Lipinski definition) is 4. The summed E-state index contributed by atoms with van der Waals surface area (Å²) in [5, 5.41) is 12.2. The molecule has 3 aliphatic rings. The maximum Gasteiger partial charge on any atom is 0.416 e. The van der Waals surface area contributed by atoms with Crippen molar-refractivity contribution in [2.75, 3.05) is 0 Å². The van der Waals surface area contributed by atoms with Crippen molar-refractivity contribution < 1.29 is 32.6 Å². The largest absolute Gasteiger partial charge is 0.492 e. The number of halogens is 4. The van der Waals surface area contributed by atoms with Gasteiger partial charge in [0.15, 0.2) is 0 Å². The van der Waals surface area contributed by atoms with Gasteiger partial charge in [-0.05, 0) is 54.5 Å².